The van der Waals surface area contributed by atoms with Gasteiger partial charge < -0.3 is 19.9 Å². The van der Waals surface area contributed by atoms with Gasteiger partial charge in [0.1, 0.15) is 11.4 Å². The minimum absolute atomic E-state index is 0.0176. The van der Waals surface area contributed by atoms with Crippen LogP contribution in [0.25, 0.3) is 0 Å². The van der Waals surface area contributed by atoms with E-state index in [0.717, 1.165) is 30.9 Å². The minimum atomic E-state index is -0.512. The number of rotatable bonds is 3. The number of nitrogens with zero attached hydrogens (tertiary/aromatic N) is 3. The number of anilines is 2. The number of benzene rings is 1. The number of pyridine rings is 1. The molecule has 0 bridgehead atoms. The van der Waals surface area contributed by atoms with E-state index < -0.39 is 11.7 Å². The summed E-state index contributed by atoms with van der Waals surface area (Å²) in [7, 11) is 0. The molecule has 0 aliphatic carbocycles. The molecule has 1 aromatic heterocycles. The zero-order valence-corrected chi connectivity index (χ0v) is 17.7. The summed E-state index contributed by atoms with van der Waals surface area (Å²) in [6.07, 6.45) is 2.96. The van der Waals surface area contributed by atoms with Gasteiger partial charge in [-0.05, 0) is 57.4 Å². The highest BCUT2D eigenvalue weighted by molar-refractivity contribution is 6.07. The van der Waals surface area contributed by atoms with Crippen LogP contribution in [0.3, 0.4) is 0 Å². The van der Waals surface area contributed by atoms with Crippen LogP contribution in [0.1, 0.15) is 43.1 Å². The number of aromatic nitrogens is 1. The summed E-state index contributed by atoms with van der Waals surface area (Å²) >= 11 is 0. The van der Waals surface area contributed by atoms with Gasteiger partial charge in [-0.25, -0.2) is 9.78 Å². The zero-order chi connectivity index (χ0) is 21.3. The van der Waals surface area contributed by atoms with Crippen LogP contribution in [0.15, 0.2) is 42.6 Å². The maximum Gasteiger partial charge on any atom is 0.407 e. The molecule has 1 atom stereocenters. The van der Waals surface area contributed by atoms with Crippen LogP contribution in [0.5, 0.6) is 0 Å². The molecule has 30 heavy (non-hydrogen) atoms. The molecule has 2 aliphatic rings. The number of alkyl carbamates (subject to hydrolysis) is 1. The third-order valence-corrected chi connectivity index (χ3v) is 5.36. The highest BCUT2D eigenvalue weighted by Gasteiger charge is 2.28. The topological polar surface area (TPSA) is 74.8 Å². The second-order valence-electron chi connectivity index (χ2n) is 8.82. The van der Waals surface area contributed by atoms with Crippen molar-refractivity contribution in [1.82, 2.24) is 10.3 Å². The Bertz CT molecular complexity index is 936. The van der Waals surface area contributed by atoms with E-state index in [9.17, 15) is 9.59 Å². The first-order valence-electron chi connectivity index (χ1n) is 10.4. The summed E-state index contributed by atoms with van der Waals surface area (Å²) in [6.45, 7) is 7.70. The monoisotopic (exact) mass is 408 g/mol. The van der Waals surface area contributed by atoms with E-state index in [2.05, 4.69) is 21.3 Å². The molecule has 0 unspecified atom stereocenters. The average Bonchev–Trinajstić information content (AvgIpc) is 3.33. The Kier molecular flexibility index (Phi) is 5.37. The van der Waals surface area contributed by atoms with E-state index in [1.807, 2.05) is 56.0 Å². The number of hydrogen-bond acceptors (Lipinski definition) is 5. The van der Waals surface area contributed by atoms with Crippen molar-refractivity contribution in [2.45, 2.75) is 45.3 Å². The first kappa shape index (κ1) is 20.2. The van der Waals surface area contributed by atoms with Crippen LogP contribution in [0.4, 0.5) is 16.3 Å². The first-order chi connectivity index (χ1) is 14.3. The van der Waals surface area contributed by atoms with E-state index in [-0.39, 0.29) is 11.9 Å². The van der Waals surface area contributed by atoms with E-state index in [4.69, 9.17) is 4.74 Å². The van der Waals surface area contributed by atoms with Crippen LogP contribution < -0.4 is 15.1 Å². The Balaban J connectivity index is 1.36. The van der Waals surface area contributed by atoms with E-state index in [1.54, 1.807) is 6.20 Å². The first-order valence-corrected chi connectivity index (χ1v) is 10.4. The molecule has 1 saturated heterocycles. The SMILES string of the molecule is CC(C)(C)OC(=O)N[C@H]1CCN(c2ccc(C(=O)N3CCc4ccccc43)cn2)C1. The smallest absolute Gasteiger partial charge is 0.407 e. The Morgan fingerprint density at radius 3 is 2.67 bits per heavy atom. The fourth-order valence-electron chi connectivity index (χ4n) is 3.97. The summed E-state index contributed by atoms with van der Waals surface area (Å²) in [5, 5.41) is 2.92. The number of carbonyl (C=O) groups excluding carboxylic acids is 2. The Morgan fingerprint density at radius 2 is 1.93 bits per heavy atom. The number of amides is 2. The molecule has 0 saturated carbocycles. The summed E-state index contributed by atoms with van der Waals surface area (Å²) in [5.41, 5.74) is 2.26. The van der Waals surface area contributed by atoms with E-state index in [0.29, 0.717) is 18.7 Å². The molecule has 3 heterocycles. The molecule has 158 valence electrons. The molecule has 0 spiro atoms. The van der Waals surface area contributed by atoms with Crippen LogP contribution in [0.2, 0.25) is 0 Å². The maximum absolute atomic E-state index is 12.9. The highest BCUT2D eigenvalue weighted by Crippen LogP contribution is 2.29. The number of para-hydroxylation sites is 1. The third-order valence-electron chi connectivity index (χ3n) is 5.36. The molecule has 1 fully saturated rings. The number of ether oxygens (including phenoxy) is 1. The van der Waals surface area contributed by atoms with Gasteiger partial charge >= 0.3 is 6.09 Å². The molecule has 0 radical (unpaired) electrons. The maximum atomic E-state index is 12.9. The van der Waals surface area contributed by atoms with E-state index in [1.165, 1.54) is 5.56 Å². The van der Waals surface area contributed by atoms with Gasteiger partial charge in [0.15, 0.2) is 0 Å². The molecule has 4 rings (SSSR count). The second kappa shape index (κ2) is 7.97. The number of carbonyl (C=O) groups is 2. The normalized spacial score (nSPS) is 18.3. The second-order valence-corrected chi connectivity index (χ2v) is 8.82. The number of nitrogens with one attached hydrogen (secondary N) is 1. The average molecular weight is 409 g/mol. The molecule has 1 N–H and O–H groups in total. The molecule has 1 aromatic carbocycles. The van der Waals surface area contributed by atoms with Gasteiger partial charge in [0.2, 0.25) is 0 Å². The quantitative estimate of drug-likeness (QED) is 0.843. The van der Waals surface area contributed by atoms with Gasteiger partial charge in [0.05, 0.1) is 11.6 Å². The fourth-order valence-corrected chi connectivity index (χ4v) is 3.97. The standard InChI is InChI=1S/C23H28N4O3/c1-23(2,3)30-22(29)25-18-11-12-26(15-18)20-9-8-17(14-24-20)21(28)27-13-10-16-6-4-5-7-19(16)27/h4-9,14,18H,10-13,15H2,1-3H3,(H,25,29)/t18-/m0/s1. The summed E-state index contributed by atoms with van der Waals surface area (Å²) < 4.78 is 5.33. The van der Waals surface area contributed by atoms with Gasteiger partial charge in [-0.2, -0.15) is 0 Å². The molecule has 7 heteroatoms. The van der Waals surface area contributed by atoms with Crippen molar-refractivity contribution < 1.29 is 14.3 Å². The lowest BCUT2D eigenvalue weighted by Gasteiger charge is -2.22. The van der Waals surface area contributed by atoms with Gasteiger partial charge in [0.25, 0.3) is 5.91 Å². The molecule has 2 amide bonds. The largest absolute Gasteiger partial charge is 0.444 e. The van der Waals surface area contributed by atoms with Crippen LogP contribution >= 0.6 is 0 Å². The predicted octanol–water partition coefficient (Wildman–Crippen LogP) is 3.39. The molecule has 2 aromatic rings. The highest BCUT2D eigenvalue weighted by atomic mass is 16.6. The van der Waals surface area contributed by atoms with E-state index >= 15 is 0 Å². The van der Waals surface area contributed by atoms with Crippen LogP contribution in [0, 0.1) is 0 Å². The van der Waals surface area contributed by atoms with Crippen molar-refractivity contribution in [3.8, 4) is 0 Å². The van der Waals surface area contributed by atoms with Crippen molar-refractivity contribution in [3.63, 3.8) is 0 Å². The molecule has 2 aliphatic heterocycles. The lowest BCUT2D eigenvalue weighted by atomic mass is 10.2. The predicted molar refractivity (Wildman–Crippen MR) is 116 cm³/mol. The zero-order valence-electron chi connectivity index (χ0n) is 17.7. The Morgan fingerprint density at radius 1 is 1.13 bits per heavy atom. The van der Waals surface area contributed by atoms with Crippen molar-refractivity contribution in [1.29, 1.82) is 0 Å². The molecular weight excluding hydrogens is 380 g/mol. The summed E-state index contributed by atoms with van der Waals surface area (Å²) in [5.74, 6) is 0.784. The fraction of sp³-hybridized carbons (Fsp3) is 0.435. The summed E-state index contributed by atoms with van der Waals surface area (Å²) in [6, 6.07) is 11.8. The Labute approximate surface area is 177 Å². The molecular formula is C23H28N4O3. The Hall–Kier alpha value is -3.09. The van der Waals surface area contributed by atoms with Crippen molar-refractivity contribution in [3.05, 3.63) is 53.7 Å². The van der Waals surface area contributed by atoms with Gasteiger partial charge in [-0.15, -0.1) is 0 Å². The molecule has 7 nitrogen and oxygen atoms in total. The summed E-state index contributed by atoms with van der Waals surface area (Å²) in [4.78, 5) is 33.4. The van der Waals surface area contributed by atoms with Crippen LogP contribution in [-0.4, -0.2) is 48.3 Å². The lowest BCUT2D eigenvalue weighted by molar-refractivity contribution is 0.0509. The number of fused-ring (bicyclic) bond motifs is 1. The van der Waals surface area contributed by atoms with Crippen molar-refractivity contribution in [2.75, 3.05) is 29.4 Å². The van der Waals surface area contributed by atoms with Crippen molar-refractivity contribution >= 4 is 23.5 Å². The minimum Gasteiger partial charge on any atom is -0.444 e. The number of hydrogen-bond donors (Lipinski definition) is 1. The van der Waals surface area contributed by atoms with Gasteiger partial charge in [-0.1, -0.05) is 18.2 Å². The van der Waals surface area contributed by atoms with Gasteiger partial charge in [0, 0.05) is 31.5 Å². The van der Waals surface area contributed by atoms with Crippen LogP contribution in [-0.2, 0) is 11.2 Å². The third kappa shape index (κ3) is 4.40. The van der Waals surface area contributed by atoms with Crippen molar-refractivity contribution in [2.24, 2.45) is 0 Å². The lowest BCUT2D eigenvalue weighted by Crippen LogP contribution is -2.40. The van der Waals surface area contributed by atoms with Gasteiger partial charge in [-0.3, -0.25) is 4.79 Å².